The number of thiazole rings is 1. The molecule has 2 amide bonds. The number of benzene rings is 1. The van der Waals surface area contributed by atoms with Gasteiger partial charge in [-0.25, -0.2) is 4.98 Å². The van der Waals surface area contributed by atoms with Crippen LogP contribution in [0.4, 0.5) is 0 Å². The maximum Gasteiger partial charge on any atom is 0.251 e. The third-order valence-corrected chi connectivity index (χ3v) is 5.66. The van der Waals surface area contributed by atoms with E-state index in [1.165, 1.54) is 11.3 Å². The summed E-state index contributed by atoms with van der Waals surface area (Å²) >= 11 is 1.53. The van der Waals surface area contributed by atoms with Gasteiger partial charge < -0.3 is 15.2 Å². The Morgan fingerprint density at radius 3 is 2.63 bits per heavy atom. The third kappa shape index (κ3) is 3.88. The van der Waals surface area contributed by atoms with Crippen LogP contribution in [0, 0.1) is 5.92 Å². The van der Waals surface area contributed by atoms with E-state index in [1.807, 2.05) is 55.1 Å². The summed E-state index contributed by atoms with van der Waals surface area (Å²) in [4.78, 5) is 29.7. The second-order valence-electron chi connectivity index (χ2n) is 7.25. The number of rotatable bonds is 6. The number of carbonyl (C=O) groups is 2. The molecule has 3 aromatic rings. The number of aromatic nitrogens is 2. The standard InChI is InChI=1S/C20H22N4O2S/c1-12(2)17(19(26)21-14-6-7-14)23-18(25)13-5-8-15-16(11-13)27-20(22-15)24-9-3-4-10-24/h3-5,8-12,14,17H,6-7H2,1-2H3,(H,21,26)(H,23,25)/t17-/m1/s1. The van der Waals surface area contributed by atoms with Crippen molar-refractivity contribution in [3.63, 3.8) is 0 Å². The van der Waals surface area contributed by atoms with Crippen LogP contribution in [0.2, 0.25) is 0 Å². The molecule has 140 valence electrons. The fraction of sp³-hybridized carbons (Fsp3) is 0.350. The van der Waals surface area contributed by atoms with E-state index >= 15 is 0 Å². The lowest BCUT2D eigenvalue weighted by Gasteiger charge is -2.21. The Hall–Kier alpha value is -2.67. The molecule has 1 fully saturated rings. The van der Waals surface area contributed by atoms with Crippen molar-refractivity contribution < 1.29 is 9.59 Å². The van der Waals surface area contributed by atoms with Gasteiger partial charge in [0.2, 0.25) is 5.91 Å². The van der Waals surface area contributed by atoms with Crippen molar-refractivity contribution in [1.82, 2.24) is 20.2 Å². The van der Waals surface area contributed by atoms with Gasteiger partial charge in [0.05, 0.1) is 10.2 Å². The zero-order chi connectivity index (χ0) is 19.0. The number of hydrogen-bond acceptors (Lipinski definition) is 4. The zero-order valence-corrected chi connectivity index (χ0v) is 16.1. The molecule has 0 aliphatic heterocycles. The molecule has 0 bridgehead atoms. The second kappa shape index (κ2) is 7.15. The molecule has 1 saturated carbocycles. The van der Waals surface area contributed by atoms with Gasteiger partial charge in [-0.05, 0) is 49.1 Å². The molecular formula is C20H22N4O2S. The lowest BCUT2D eigenvalue weighted by molar-refractivity contribution is -0.124. The van der Waals surface area contributed by atoms with Crippen LogP contribution >= 0.6 is 11.3 Å². The molecule has 4 rings (SSSR count). The van der Waals surface area contributed by atoms with Gasteiger partial charge in [0, 0.05) is 24.0 Å². The lowest BCUT2D eigenvalue weighted by Crippen LogP contribution is -2.50. The van der Waals surface area contributed by atoms with Crippen LogP contribution in [0.3, 0.4) is 0 Å². The number of nitrogens with zero attached hydrogens (tertiary/aromatic N) is 2. The van der Waals surface area contributed by atoms with Crippen molar-refractivity contribution in [2.24, 2.45) is 5.92 Å². The fourth-order valence-electron chi connectivity index (χ4n) is 2.90. The maximum atomic E-state index is 12.7. The van der Waals surface area contributed by atoms with Gasteiger partial charge in [-0.2, -0.15) is 0 Å². The summed E-state index contributed by atoms with van der Waals surface area (Å²) in [5.41, 5.74) is 1.39. The Morgan fingerprint density at radius 1 is 1.22 bits per heavy atom. The molecule has 1 aromatic carbocycles. The summed E-state index contributed by atoms with van der Waals surface area (Å²) in [5, 5.41) is 6.73. The first-order valence-corrected chi connectivity index (χ1v) is 9.98. The second-order valence-corrected chi connectivity index (χ2v) is 8.26. The van der Waals surface area contributed by atoms with E-state index in [4.69, 9.17) is 0 Å². The Balaban J connectivity index is 1.53. The molecule has 1 aliphatic rings. The maximum absolute atomic E-state index is 12.7. The minimum Gasteiger partial charge on any atom is -0.352 e. The summed E-state index contributed by atoms with van der Waals surface area (Å²) in [5.74, 6) is -0.327. The minimum atomic E-state index is -0.536. The van der Waals surface area contributed by atoms with Gasteiger partial charge in [-0.1, -0.05) is 25.2 Å². The number of fused-ring (bicyclic) bond motifs is 1. The Kier molecular flexibility index (Phi) is 4.70. The van der Waals surface area contributed by atoms with E-state index in [0.717, 1.165) is 28.2 Å². The van der Waals surface area contributed by atoms with Crippen molar-refractivity contribution in [1.29, 1.82) is 0 Å². The van der Waals surface area contributed by atoms with Crippen LogP contribution in [-0.4, -0.2) is 33.4 Å². The molecule has 0 radical (unpaired) electrons. The minimum absolute atomic E-state index is 0.0141. The van der Waals surface area contributed by atoms with Gasteiger partial charge >= 0.3 is 0 Å². The van der Waals surface area contributed by atoms with Gasteiger partial charge in [-0.15, -0.1) is 0 Å². The highest BCUT2D eigenvalue weighted by atomic mass is 32.1. The smallest absolute Gasteiger partial charge is 0.251 e. The van der Waals surface area contributed by atoms with E-state index < -0.39 is 6.04 Å². The molecule has 0 saturated heterocycles. The summed E-state index contributed by atoms with van der Waals surface area (Å²) in [6, 6.07) is 9.08. The number of hydrogen-bond donors (Lipinski definition) is 2. The molecule has 0 unspecified atom stereocenters. The first-order chi connectivity index (χ1) is 13.0. The molecule has 0 spiro atoms. The molecule has 7 heteroatoms. The number of nitrogens with one attached hydrogen (secondary N) is 2. The van der Waals surface area contributed by atoms with Crippen LogP contribution in [0.25, 0.3) is 15.3 Å². The van der Waals surface area contributed by atoms with E-state index in [9.17, 15) is 9.59 Å². The van der Waals surface area contributed by atoms with Gasteiger partial charge in [-0.3, -0.25) is 9.59 Å². The molecule has 1 atom stereocenters. The zero-order valence-electron chi connectivity index (χ0n) is 15.3. The van der Waals surface area contributed by atoms with E-state index in [1.54, 1.807) is 6.07 Å². The average Bonchev–Trinajstić information content (AvgIpc) is 3.13. The number of amides is 2. The SMILES string of the molecule is CC(C)[C@@H](NC(=O)c1ccc2nc(-n3cccc3)sc2c1)C(=O)NC1CC1. The van der Waals surface area contributed by atoms with Crippen molar-refractivity contribution >= 4 is 33.4 Å². The van der Waals surface area contributed by atoms with Gasteiger partial charge in [0.25, 0.3) is 5.91 Å². The Bertz CT molecular complexity index is 973. The Morgan fingerprint density at radius 2 is 1.96 bits per heavy atom. The molecule has 27 heavy (non-hydrogen) atoms. The highest BCUT2D eigenvalue weighted by Gasteiger charge is 2.30. The van der Waals surface area contributed by atoms with Crippen molar-refractivity contribution in [3.05, 3.63) is 48.3 Å². The van der Waals surface area contributed by atoms with Gasteiger partial charge in [0.15, 0.2) is 5.13 Å². The molecular weight excluding hydrogens is 360 g/mol. The molecule has 2 aromatic heterocycles. The third-order valence-electron chi connectivity index (χ3n) is 4.62. The molecule has 2 heterocycles. The fourth-order valence-corrected chi connectivity index (χ4v) is 3.88. The van der Waals surface area contributed by atoms with Crippen LogP contribution < -0.4 is 10.6 Å². The van der Waals surface area contributed by atoms with E-state index in [-0.39, 0.29) is 23.8 Å². The quantitative estimate of drug-likeness (QED) is 0.688. The summed E-state index contributed by atoms with van der Waals surface area (Å²) < 4.78 is 2.89. The summed E-state index contributed by atoms with van der Waals surface area (Å²) in [7, 11) is 0. The van der Waals surface area contributed by atoms with Crippen LogP contribution in [0.5, 0.6) is 0 Å². The highest BCUT2D eigenvalue weighted by molar-refractivity contribution is 7.20. The van der Waals surface area contributed by atoms with Crippen LogP contribution in [0.1, 0.15) is 37.0 Å². The topological polar surface area (TPSA) is 76.0 Å². The normalized spacial score (nSPS) is 15.1. The van der Waals surface area contributed by atoms with Crippen molar-refractivity contribution in [2.45, 2.75) is 38.8 Å². The van der Waals surface area contributed by atoms with Gasteiger partial charge in [0.1, 0.15) is 6.04 Å². The first-order valence-electron chi connectivity index (χ1n) is 9.16. The lowest BCUT2D eigenvalue weighted by atomic mass is 10.0. The first kappa shape index (κ1) is 17.7. The molecule has 2 N–H and O–H groups in total. The largest absolute Gasteiger partial charge is 0.352 e. The van der Waals surface area contributed by atoms with Crippen molar-refractivity contribution in [3.8, 4) is 5.13 Å². The average molecular weight is 382 g/mol. The predicted octanol–water partition coefficient (Wildman–Crippen LogP) is 3.12. The van der Waals surface area contributed by atoms with Crippen LogP contribution in [0.15, 0.2) is 42.7 Å². The summed E-state index contributed by atoms with van der Waals surface area (Å²) in [6.07, 6.45) is 5.93. The predicted molar refractivity (Wildman–Crippen MR) is 106 cm³/mol. The highest BCUT2D eigenvalue weighted by Crippen LogP contribution is 2.26. The Labute approximate surface area is 161 Å². The number of carbonyl (C=O) groups excluding carboxylic acids is 2. The van der Waals surface area contributed by atoms with Crippen molar-refractivity contribution in [2.75, 3.05) is 0 Å². The summed E-state index contributed by atoms with van der Waals surface area (Å²) in [6.45, 7) is 3.88. The van der Waals surface area contributed by atoms with E-state index in [2.05, 4.69) is 15.6 Å². The van der Waals surface area contributed by atoms with E-state index in [0.29, 0.717) is 5.56 Å². The van der Waals surface area contributed by atoms with Crippen LogP contribution in [-0.2, 0) is 4.79 Å². The molecule has 1 aliphatic carbocycles. The monoisotopic (exact) mass is 382 g/mol. The molecule has 6 nitrogen and oxygen atoms in total.